The van der Waals surface area contributed by atoms with Crippen LogP contribution < -0.4 is 11.1 Å². The molecule has 0 atom stereocenters. The lowest BCUT2D eigenvalue weighted by Gasteiger charge is -2.28. The highest BCUT2D eigenvalue weighted by Gasteiger charge is 2.37. The fourth-order valence-electron chi connectivity index (χ4n) is 2.53. The fourth-order valence-corrected chi connectivity index (χ4v) is 2.53. The van der Waals surface area contributed by atoms with E-state index in [1.54, 1.807) is 0 Å². The van der Waals surface area contributed by atoms with E-state index < -0.39 is 0 Å². The molecule has 1 aromatic carbocycles. The number of fused-ring (bicyclic) bond motifs is 1. The molecule has 0 bridgehead atoms. The van der Waals surface area contributed by atoms with E-state index >= 15 is 0 Å². The highest BCUT2D eigenvalue weighted by Crippen LogP contribution is 2.41. The van der Waals surface area contributed by atoms with Crippen molar-refractivity contribution in [1.29, 1.82) is 0 Å². The predicted molar refractivity (Wildman–Crippen MR) is 76.6 cm³/mol. The van der Waals surface area contributed by atoms with Gasteiger partial charge in [0.2, 0.25) is 0 Å². The van der Waals surface area contributed by atoms with Crippen LogP contribution in [0.15, 0.2) is 30.5 Å². The molecule has 0 saturated heterocycles. The van der Waals surface area contributed by atoms with E-state index in [0.29, 0.717) is 0 Å². The Bertz CT molecular complexity index is 585. The standard InChI is InChI=1S/C15H19N3/c1-15(2,10-3-4-10)18-13-7-8-17-14-9-11(16)5-6-12(13)14/h5-10H,3-4,16H2,1-2H3,(H,17,18). The smallest absolute Gasteiger partial charge is 0.0743 e. The van der Waals surface area contributed by atoms with Gasteiger partial charge in [-0.1, -0.05) is 0 Å². The third kappa shape index (κ3) is 2.01. The van der Waals surface area contributed by atoms with Gasteiger partial charge >= 0.3 is 0 Å². The third-order valence-corrected chi connectivity index (χ3v) is 3.82. The molecule has 1 fully saturated rings. The number of pyridine rings is 1. The van der Waals surface area contributed by atoms with Crippen LogP contribution in [0, 0.1) is 5.92 Å². The molecule has 18 heavy (non-hydrogen) atoms. The average Bonchev–Trinajstić information content (AvgIpc) is 3.12. The molecule has 3 nitrogen and oxygen atoms in total. The quantitative estimate of drug-likeness (QED) is 0.809. The lowest BCUT2D eigenvalue weighted by Crippen LogP contribution is -2.33. The second-order valence-corrected chi connectivity index (χ2v) is 5.76. The summed E-state index contributed by atoms with van der Waals surface area (Å²) in [6, 6.07) is 7.94. The number of anilines is 2. The average molecular weight is 241 g/mol. The number of hydrogen-bond donors (Lipinski definition) is 2. The van der Waals surface area contributed by atoms with E-state index in [1.807, 2.05) is 30.5 Å². The molecule has 0 amide bonds. The van der Waals surface area contributed by atoms with Gasteiger partial charge in [-0.25, -0.2) is 0 Å². The Labute approximate surface area is 107 Å². The molecule has 0 unspecified atom stereocenters. The highest BCUT2D eigenvalue weighted by atomic mass is 15.0. The number of rotatable bonds is 3. The molecule has 0 spiro atoms. The Balaban J connectivity index is 2.01. The molecule has 0 aliphatic heterocycles. The van der Waals surface area contributed by atoms with Crippen LogP contribution in [0.4, 0.5) is 11.4 Å². The highest BCUT2D eigenvalue weighted by molar-refractivity contribution is 5.92. The Hall–Kier alpha value is -1.77. The number of nitrogens with one attached hydrogen (secondary N) is 1. The lowest BCUT2D eigenvalue weighted by atomic mass is 9.98. The van der Waals surface area contributed by atoms with Crippen molar-refractivity contribution in [2.45, 2.75) is 32.2 Å². The summed E-state index contributed by atoms with van der Waals surface area (Å²) < 4.78 is 0. The summed E-state index contributed by atoms with van der Waals surface area (Å²) in [5.74, 6) is 0.787. The molecule has 1 aliphatic carbocycles. The van der Waals surface area contributed by atoms with E-state index in [0.717, 1.165) is 28.2 Å². The first-order valence-corrected chi connectivity index (χ1v) is 6.49. The number of nitrogens with two attached hydrogens (primary N) is 1. The van der Waals surface area contributed by atoms with Crippen molar-refractivity contribution in [2.75, 3.05) is 11.1 Å². The zero-order valence-corrected chi connectivity index (χ0v) is 10.9. The van der Waals surface area contributed by atoms with Crippen LogP contribution in [0.5, 0.6) is 0 Å². The molecule has 0 radical (unpaired) electrons. The van der Waals surface area contributed by atoms with E-state index in [2.05, 4.69) is 24.1 Å². The maximum Gasteiger partial charge on any atom is 0.0743 e. The minimum Gasteiger partial charge on any atom is -0.399 e. The van der Waals surface area contributed by atoms with Gasteiger partial charge in [-0.3, -0.25) is 4.98 Å². The van der Waals surface area contributed by atoms with Crippen molar-refractivity contribution < 1.29 is 0 Å². The van der Waals surface area contributed by atoms with Gasteiger partial charge in [0.1, 0.15) is 0 Å². The lowest BCUT2D eigenvalue weighted by molar-refractivity contribution is 0.495. The first-order chi connectivity index (χ1) is 8.56. The summed E-state index contributed by atoms with van der Waals surface area (Å²) in [4.78, 5) is 4.37. The summed E-state index contributed by atoms with van der Waals surface area (Å²) in [5.41, 5.74) is 8.81. The second kappa shape index (κ2) is 3.87. The van der Waals surface area contributed by atoms with Gasteiger partial charge in [-0.2, -0.15) is 0 Å². The Kier molecular flexibility index (Phi) is 2.44. The van der Waals surface area contributed by atoms with E-state index in [9.17, 15) is 0 Å². The second-order valence-electron chi connectivity index (χ2n) is 5.76. The molecule has 94 valence electrons. The van der Waals surface area contributed by atoms with Gasteiger partial charge in [0.25, 0.3) is 0 Å². The van der Waals surface area contributed by atoms with Crippen molar-refractivity contribution in [1.82, 2.24) is 4.98 Å². The molecule has 1 saturated carbocycles. The van der Waals surface area contributed by atoms with E-state index in [-0.39, 0.29) is 5.54 Å². The number of aromatic nitrogens is 1. The van der Waals surface area contributed by atoms with E-state index in [1.165, 1.54) is 12.8 Å². The maximum absolute atomic E-state index is 5.80. The van der Waals surface area contributed by atoms with Crippen molar-refractivity contribution in [3.8, 4) is 0 Å². The van der Waals surface area contributed by atoms with Gasteiger partial charge < -0.3 is 11.1 Å². The fraction of sp³-hybridized carbons (Fsp3) is 0.400. The maximum atomic E-state index is 5.80. The monoisotopic (exact) mass is 241 g/mol. The Morgan fingerprint density at radius 2 is 2.06 bits per heavy atom. The van der Waals surface area contributed by atoms with Gasteiger partial charge in [-0.05, 0) is 56.9 Å². The van der Waals surface area contributed by atoms with Crippen LogP contribution in [0.2, 0.25) is 0 Å². The van der Waals surface area contributed by atoms with Crippen LogP contribution in [-0.2, 0) is 0 Å². The van der Waals surface area contributed by atoms with Gasteiger partial charge in [0, 0.05) is 28.5 Å². The van der Waals surface area contributed by atoms with Crippen LogP contribution in [-0.4, -0.2) is 10.5 Å². The van der Waals surface area contributed by atoms with Crippen LogP contribution in [0.1, 0.15) is 26.7 Å². The molecule has 3 N–H and O–H groups in total. The topological polar surface area (TPSA) is 50.9 Å². The molecule has 3 heteroatoms. The van der Waals surface area contributed by atoms with Crippen molar-refractivity contribution in [3.05, 3.63) is 30.5 Å². The first kappa shape index (κ1) is 11.3. The van der Waals surface area contributed by atoms with Crippen LogP contribution in [0.3, 0.4) is 0 Å². The van der Waals surface area contributed by atoms with Crippen LogP contribution >= 0.6 is 0 Å². The van der Waals surface area contributed by atoms with Crippen LogP contribution in [0.25, 0.3) is 10.9 Å². The molecular weight excluding hydrogens is 222 g/mol. The van der Waals surface area contributed by atoms with Gasteiger partial charge in [0.15, 0.2) is 0 Å². The van der Waals surface area contributed by atoms with E-state index in [4.69, 9.17) is 5.73 Å². The summed E-state index contributed by atoms with van der Waals surface area (Å²) >= 11 is 0. The Morgan fingerprint density at radius 1 is 1.28 bits per heavy atom. The summed E-state index contributed by atoms with van der Waals surface area (Å²) in [7, 11) is 0. The molecule has 1 aliphatic rings. The van der Waals surface area contributed by atoms with Crippen molar-refractivity contribution >= 4 is 22.3 Å². The SMILES string of the molecule is CC(C)(Nc1ccnc2cc(N)ccc12)C1CC1. The Morgan fingerprint density at radius 3 is 2.78 bits per heavy atom. The number of nitrogens with zero attached hydrogens (tertiary/aromatic N) is 1. The summed E-state index contributed by atoms with van der Waals surface area (Å²) in [5, 5.41) is 4.80. The zero-order chi connectivity index (χ0) is 12.8. The predicted octanol–water partition coefficient (Wildman–Crippen LogP) is 3.42. The molecule has 3 rings (SSSR count). The van der Waals surface area contributed by atoms with Crippen molar-refractivity contribution in [3.63, 3.8) is 0 Å². The normalized spacial score (nSPS) is 15.9. The van der Waals surface area contributed by atoms with Gasteiger partial charge in [0.05, 0.1) is 5.52 Å². The minimum atomic E-state index is 0.148. The largest absolute Gasteiger partial charge is 0.399 e. The number of benzene rings is 1. The molecular formula is C15H19N3. The third-order valence-electron chi connectivity index (χ3n) is 3.82. The summed E-state index contributed by atoms with van der Waals surface area (Å²) in [6.07, 6.45) is 4.50. The molecule has 2 aromatic rings. The zero-order valence-electron chi connectivity index (χ0n) is 10.9. The number of hydrogen-bond acceptors (Lipinski definition) is 3. The summed E-state index contributed by atoms with van der Waals surface area (Å²) in [6.45, 7) is 4.54. The molecule has 1 aromatic heterocycles. The number of nitrogen functional groups attached to an aromatic ring is 1. The molecule has 1 heterocycles. The van der Waals surface area contributed by atoms with Crippen molar-refractivity contribution in [2.24, 2.45) is 5.92 Å². The first-order valence-electron chi connectivity index (χ1n) is 6.49. The minimum absolute atomic E-state index is 0.148. The van der Waals surface area contributed by atoms with Gasteiger partial charge in [-0.15, -0.1) is 0 Å².